The molecule has 0 aliphatic carbocycles. The van der Waals surface area contributed by atoms with Gasteiger partial charge in [-0.3, -0.25) is 4.72 Å². The second-order valence-electron chi connectivity index (χ2n) is 6.35. The van der Waals surface area contributed by atoms with E-state index >= 15 is 0 Å². The maximum atomic E-state index is 12.4. The van der Waals surface area contributed by atoms with Gasteiger partial charge in [-0.2, -0.15) is 0 Å². The number of benzene rings is 2. The van der Waals surface area contributed by atoms with Crippen LogP contribution in [0.15, 0.2) is 48.5 Å². The molecule has 0 aromatic heterocycles. The van der Waals surface area contributed by atoms with Gasteiger partial charge < -0.3 is 10.1 Å². The van der Waals surface area contributed by atoms with E-state index in [-0.39, 0.29) is 11.9 Å². The number of ether oxygens (including phenoxy) is 1. The van der Waals surface area contributed by atoms with Crippen LogP contribution in [0, 0.1) is 0 Å². The molecule has 0 amide bonds. The van der Waals surface area contributed by atoms with E-state index in [1.165, 1.54) is 0 Å². The van der Waals surface area contributed by atoms with E-state index in [0.717, 1.165) is 36.4 Å². The van der Waals surface area contributed by atoms with Crippen LogP contribution in [0.4, 0.5) is 5.69 Å². The third kappa shape index (κ3) is 3.12. The van der Waals surface area contributed by atoms with Gasteiger partial charge in [0.2, 0.25) is 10.0 Å². The molecule has 2 unspecified atom stereocenters. The largest absolute Gasteiger partial charge is 0.488 e. The molecule has 24 heavy (non-hydrogen) atoms. The molecule has 0 spiro atoms. The molecule has 4 rings (SSSR count). The monoisotopic (exact) mass is 344 g/mol. The van der Waals surface area contributed by atoms with Crippen molar-refractivity contribution in [1.29, 1.82) is 0 Å². The van der Waals surface area contributed by atoms with Crippen molar-refractivity contribution >= 4 is 15.7 Å². The smallest absolute Gasteiger partial charge is 0.236 e. The molecule has 2 aromatic rings. The number of fused-ring (bicyclic) bond motifs is 3. The SMILES string of the molecule is O=S(=O)(Cc1ccccc1)Nc1ccc2c(c1)C1CCNCC1O2. The Kier molecular flexibility index (Phi) is 3.94. The molecule has 1 saturated heterocycles. The number of hydrogen-bond acceptors (Lipinski definition) is 4. The van der Waals surface area contributed by atoms with Gasteiger partial charge in [0, 0.05) is 23.7 Å². The zero-order chi connectivity index (χ0) is 16.6. The summed E-state index contributed by atoms with van der Waals surface area (Å²) in [7, 11) is -3.44. The molecular formula is C18H20N2O3S. The van der Waals surface area contributed by atoms with Crippen LogP contribution in [0.1, 0.15) is 23.5 Å². The summed E-state index contributed by atoms with van der Waals surface area (Å²) in [6.07, 6.45) is 1.17. The predicted molar refractivity (Wildman–Crippen MR) is 93.8 cm³/mol. The lowest BCUT2D eigenvalue weighted by Gasteiger charge is -2.24. The van der Waals surface area contributed by atoms with Gasteiger partial charge in [-0.1, -0.05) is 30.3 Å². The summed E-state index contributed by atoms with van der Waals surface area (Å²) in [5.74, 6) is 1.19. The minimum atomic E-state index is -3.44. The van der Waals surface area contributed by atoms with Crippen LogP contribution >= 0.6 is 0 Å². The van der Waals surface area contributed by atoms with Gasteiger partial charge in [-0.05, 0) is 36.7 Å². The first kappa shape index (κ1) is 15.5. The molecule has 2 aromatic carbocycles. The molecular weight excluding hydrogens is 324 g/mol. The molecule has 2 atom stereocenters. The molecule has 2 N–H and O–H groups in total. The Bertz CT molecular complexity index is 837. The molecule has 1 fully saturated rings. The fourth-order valence-electron chi connectivity index (χ4n) is 3.49. The third-order valence-electron chi connectivity index (χ3n) is 4.59. The van der Waals surface area contributed by atoms with Crippen molar-refractivity contribution in [2.45, 2.75) is 24.2 Å². The summed E-state index contributed by atoms with van der Waals surface area (Å²) in [4.78, 5) is 0. The van der Waals surface area contributed by atoms with Gasteiger partial charge in [0.15, 0.2) is 0 Å². The lowest BCUT2D eigenvalue weighted by molar-refractivity contribution is 0.177. The lowest BCUT2D eigenvalue weighted by Crippen LogP contribution is -2.39. The lowest BCUT2D eigenvalue weighted by atomic mass is 9.89. The van der Waals surface area contributed by atoms with Crippen LogP contribution in [-0.4, -0.2) is 27.6 Å². The van der Waals surface area contributed by atoms with Crippen molar-refractivity contribution in [1.82, 2.24) is 5.32 Å². The summed E-state index contributed by atoms with van der Waals surface area (Å²) in [6, 6.07) is 14.8. The highest BCUT2D eigenvalue weighted by Gasteiger charge is 2.36. The summed E-state index contributed by atoms with van der Waals surface area (Å²) < 4.78 is 33.4. The van der Waals surface area contributed by atoms with Gasteiger partial charge in [0.25, 0.3) is 0 Å². The van der Waals surface area contributed by atoms with Crippen molar-refractivity contribution in [3.63, 3.8) is 0 Å². The van der Waals surface area contributed by atoms with E-state index in [9.17, 15) is 8.42 Å². The maximum Gasteiger partial charge on any atom is 0.236 e. The van der Waals surface area contributed by atoms with Crippen molar-refractivity contribution in [3.05, 3.63) is 59.7 Å². The molecule has 2 aliphatic heterocycles. The zero-order valence-electron chi connectivity index (χ0n) is 13.2. The molecule has 5 nitrogen and oxygen atoms in total. The Morgan fingerprint density at radius 3 is 2.83 bits per heavy atom. The van der Waals surface area contributed by atoms with Gasteiger partial charge >= 0.3 is 0 Å². The van der Waals surface area contributed by atoms with E-state index in [2.05, 4.69) is 10.0 Å². The minimum Gasteiger partial charge on any atom is -0.488 e. The fourth-order valence-corrected chi connectivity index (χ4v) is 4.68. The van der Waals surface area contributed by atoms with E-state index in [1.807, 2.05) is 42.5 Å². The molecule has 6 heteroatoms. The van der Waals surface area contributed by atoms with Crippen LogP contribution in [0.25, 0.3) is 0 Å². The highest BCUT2D eigenvalue weighted by atomic mass is 32.2. The van der Waals surface area contributed by atoms with Crippen LogP contribution in [0.3, 0.4) is 0 Å². The van der Waals surface area contributed by atoms with Gasteiger partial charge in [-0.25, -0.2) is 8.42 Å². The minimum absolute atomic E-state index is 0.0304. The maximum absolute atomic E-state index is 12.4. The molecule has 2 heterocycles. The van der Waals surface area contributed by atoms with Crippen molar-refractivity contribution < 1.29 is 13.2 Å². The van der Waals surface area contributed by atoms with E-state index < -0.39 is 10.0 Å². The van der Waals surface area contributed by atoms with Gasteiger partial charge in [-0.15, -0.1) is 0 Å². The quantitative estimate of drug-likeness (QED) is 0.894. The summed E-state index contributed by atoms with van der Waals surface area (Å²) in [6.45, 7) is 1.81. The Hall–Kier alpha value is -2.05. The summed E-state index contributed by atoms with van der Waals surface area (Å²) in [5.41, 5.74) is 2.49. The number of nitrogens with one attached hydrogen (secondary N) is 2. The van der Waals surface area contributed by atoms with Gasteiger partial charge in [0.1, 0.15) is 11.9 Å². The first-order valence-electron chi connectivity index (χ1n) is 8.16. The summed E-state index contributed by atoms with van der Waals surface area (Å²) in [5, 5.41) is 3.33. The second-order valence-corrected chi connectivity index (χ2v) is 8.08. The first-order chi connectivity index (χ1) is 11.6. The van der Waals surface area contributed by atoms with E-state index in [4.69, 9.17) is 4.74 Å². The van der Waals surface area contributed by atoms with Crippen LogP contribution in [-0.2, 0) is 15.8 Å². The number of rotatable bonds is 4. The summed E-state index contributed by atoms with van der Waals surface area (Å²) >= 11 is 0. The van der Waals surface area contributed by atoms with Crippen molar-refractivity contribution in [2.75, 3.05) is 17.8 Å². The highest BCUT2D eigenvalue weighted by molar-refractivity contribution is 7.91. The van der Waals surface area contributed by atoms with Crippen molar-refractivity contribution in [2.24, 2.45) is 0 Å². The predicted octanol–water partition coefficient (Wildman–Crippen LogP) is 2.47. The van der Waals surface area contributed by atoms with Crippen LogP contribution in [0.2, 0.25) is 0 Å². The van der Waals surface area contributed by atoms with Crippen LogP contribution < -0.4 is 14.8 Å². The highest BCUT2D eigenvalue weighted by Crippen LogP contribution is 2.42. The van der Waals surface area contributed by atoms with Crippen LogP contribution in [0.5, 0.6) is 5.75 Å². The molecule has 0 saturated carbocycles. The third-order valence-corrected chi connectivity index (χ3v) is 5.85. The average molecular weight is 344 g/mol. The van der Waals surface area contributed by atoms with E-state index in [1.54, 1.807) is 6.07 Å². The van der Waals surface area contributed by atoms with E-state index in [0.29, 0.717) is 11.6 Å². The molecule has 0 bridgehead atoms. The van der Waals surface area contributed by atoms with Gasteiger partial charge in [0.05, 0.1) is 5.75 Å². The number of piperidine rings is 1. The normalized spacial score (nSPS) is 22.3. The number of sulfonamides is 1. The number of anilines is 1. The molecule has 0 radical (unpaired) electrons. The standard InChI is InChI=1S/C18H20N2O3S/c21-24(22,12-13-4-2-1-3-5-13)20-14-6-7-17-16(10-14)15-8-9-19-11-18(15)23-17/h1-7,10,15,18-20H,8-9,11-12H2. The zero-order valence-corrected chi connectivity index (χ0v) is 14.1. The Balaban J connectivity index is 1.54. The van der Waals surface area contributed by atoms with Crippen molar-refractivity contribution in [3.8, 4) is 5.75 Å². The average Bonchev–Trinajstić information content (AvgIpc) is 2.93. The molecule has 126 valence electrons. The second kappa shape index (κ2) is 6.11. The number of hydrogen-bond donors (Lipinski definition) is 2. The Labute approximate surface area is 142 Å². The Morgan fingerprint density at radius 2 is 2.00 bits per heavy atom. The molecule has 2 aliphatic rings. The Morgan fingerprint density at radius 1 is 1.17 bits per heavy atom. The fraction of sp³-hybridized carbons (Fsp3) is 0.333. The first-order valence-corrected chi connectivity index (χ1v) is 9.82. The topological polar surface area (TPSA) is 67.4 Å².